The molecule has 33 heavy (non-hydrogen) atoms. The van der Waals surface area contributed by atoms with Crippen LogP contribution in [0.5, 0.6) is 5.75 Å². The van der Waals surface area contributed by atoms with Gasteiger partial charge in [0, 0.05) is 30.9 Å². The van der Waals surface area contributed by atoms with Crippen molar-refractivity contribution in [1.29, 1.82) is 0 Å². The number of nitrogens with zero attached hydrogens (tertiary/aromatic N) is 4. The predicted octanol–water partition coefficient (Wildman–Crippen LogP) is 4.08. The Balaban J connectivity index is 1.85. The first-order chi connectivity index (χ1) is 15.7. The van der Waals surface area contributed by atoms with E-state index in [1.165, 1.54) is 11.0 Å². The van der Waals surface area contributed by atoms with Crippen molar-refractivity contribution in [2.75, 3.05) is 18.8 Å². The molecule has 10 heteroatoms. The SMILES string of the molecule is Cc1nc(Cc2cc(Cl)c(F)c(C(=O)N3CCC=C(O)C3)c2OC(C)C)n2ccnc(N)c12. The van der Waals surface area contributed by atoms with Crippen LogP contribution in [0.2, 0.25) is 5.02 Å². The molecule has 1 aromatic carbocycles. The fraction of sp³-hybridized carbons (Fsp3) is 0.348. The van der Waals surface area contributed by atoms with Gasteiger partial charge in [-0.2, -0.15) is 0 Å². The number of benzene rings is 1. The average molecular weight is 474 g/mol. The van der Waals surface area contributed by atoms with Crippen LogP contribution in [-0.2, 0) is 6.42 Å². The van der Waals surface area contributed by atoms with Gasteiger partial charge >= 0.3 is 0 Å². The topological polar surface area (TPSA) is 106 Å². The third-order valence-corrected chi connectivity index (χ3v) is 5.69. The minimum absolute atomic E-state index is 0.00238. The molecule has 1 aliphatic heterocycles. The standard InChI is InChI=1S/C23H25ClFN5O3/c1-12(2)33-21-14(10-17-28-13(3)20-22(26)27-6-8-30(17)20)9-16(24)19(25)18(21)23(32)29-7-4-5-15(31)11-29/h5-6,8-9,12,31H,4,7,10-11H2,1-3H3,(H2,26,27). The maximum absolute atomic E-state index is 15.3. The highest BCUT2D eigenvalue weighted by Crippen LogP contribution is 2.36. The van der Waals surface area contributed by atoms with Crippen LogP contribution in [0, 0.1) is 12.7 Å². The summed E-state index contributed by atoms with van der Waals surface area (Å²) in [5.41, 5.74) is 7.66. The average Bonchev–Trinajstić information content (AvgIpc) is 3.07. The zero-order chi connectivity index (χ0) is 23.9. The predicted molar refractivity (Wildman–Crippen MR) is 123 cm³/mol. The van der Waals surface area contributed by atoms with Crippen molar-refractivity contribution in [3.63, 3.8) is 0 Å². The number of imidazole rings is 1. The molecule has 3 heterocycles. The van der Waals surface area contributed by atoms with E-state index in [-0.39, 0.29) is 41.2 Å². The molecule has 3 aromatic rings. The van der Waals surface area contributed by atoms with Crippen LogP contribution < -0.4 is 10.5 Å². The summed E-state index contributed by atoms with van der Waals surface area (Å²) in [6.07, 6.45) is 5.31. The number of carbonyl (C=O) groups excluding carboxylic acids is 1. The van der Waals surface area contributed by atoms with Gasteiger partial charge in [-0.25, -0.2) is 14.4 Å². The van der Waals surface area contributed by atoms with Crippen LogP contribution in [0.15, 0.2) is 30.3 Å². The van der Waals surface area contributed by atoms with E-state index < -0.39 is 11.7 Å². The zero-order valence-corrected chi connectivity index (χ0v) is 19.4. The number of nitrogen functional groups attached to an aromatic ring is 1. The first kappa shape index (κ1) is 22.8. The molecule has 0 saturated carbocycles. The van der Waals surface area contributed by atoms with Gasteiger partial charge in [0.15, 0.2) is 5.82 Å². The molecule has 4 rings (SSSR count). The van der Waals surface area contributed by atoms with Crippen LogP contribution >= 0.6 is 11.6 Å². The molecule has 1 amide bonds. The molecule has 2 aromatic heterocycles. The van der Waals surface area contributed by atoms with E-state index in [1.54, 1.807) is 32.3 Å². The second kappa shape index (κ2) is 8.90. The van der Waals surface area contributed by atoms with Gasteiger partial charge in [0.05, 0.1) is 23.4 Å². The highest BCUT2D eigenvalue weighted by atomic mass is 35.5. The summed E-state index contributed by atoms with van der Waals surface area (Å²) in [5, 5.41) is 9.68. The van der Waals surface area contributed by atoms with Crippen molar-refractivity contribution in [2.24, 2.45) is 0 Å². The Morgan fingerprint density at radius 1 is 1.42 bits per heavy atom. The number of ether oxygens (including phenoxy) is 1. The molecule has 0 fully saturated rings. The maximum Gasteiger partial charge on any atom is 0.261 e. The summed E-state index contributed by atoms with van der Waals surface area (Å²) in [6, 6.07) is 1.46. The minimum atomic E-state index is -0.854. The molecule has 3 N–H and O–H groups in total. The largest absolute Gasteiger partial charge is 0.511 e. The lowest BCUT2D eigenvalue weighted by molar-refractivity contribution is 0.0732. The van der Waals surface area contributed by atoms with E-state index in [4.69, 9.17) is 22.1 Å². The molecule has 0 atom stereocenters. The number of aromatic nitrogens is 3. The molecule has 1 aliphatic rings. The van der Waals surface area contributed by atoms with E-state index in [0.29, 0.717) is 41.4 Å². The Kier molecular flexibility index (Phi) is 6.16. The van der Waals surface area contributed by atoms with Gasteiger partial charge in [0.2, 0.25) is 0 Å². The van der Waals surface area contributed by atoms with Gasteiger partial charge in [-0.3, -0.25) is 9.20 Å². The van der Waals surface area contributed by atoms with Gasteiger partial charge in [0.25, 0.3) is 5.91 Å². The lowest BCUT2D eigenvalue weighted by Crippen LogP contribution is -2.37. The fourth-order valence-corrected chi connectivity index (χ4v) is 4.25. The number of nitrogens with two attached hydrogens (primary N) is 1. The van der Waals surface area contributed by atoms with Crippen molar-refractivity contribution < 1.29 is 19.0 Å². The van der Waals surface area contributed by atoms with E-state index >= 15 is 4.39 Å². The van der Waals surface area contributed by atoms with E-state index in [1.807, 2.05) is 11.3 Å². The third-order valence-electron chi connectivity index (χ3n) is 5.41. The molecule has 0 saturated heterocycles. The Bertz CT molecular complexity index is 1270. The van der Waals surface area contributed by atoms with E-state index in [2.05, 4.69) is 9.97 Å². The van der Waals surface area contributed by atoms with Crippen LogP contribution in [0.25, 0.3) is 5.52 Å². The van der Waals surface area contributed by atoms with E-state index in [0.717, 1.165) is 0 Å². The first-order valence-electron chi connectivity index (χ1n) is 10.6. The molecule has 174 valence electrons. The van der Waals surface area contributed by atoms with Crippen LogP contribution in [0.1, 0.15) is 47.7 Å². The third kappa shape index (κ3) is 4.32. The van der Waals surface area contributed by atoms with Crippen molar-refractivity contribution in [3.8, 4) is 5.75 Å². The van der Waals surface area contributed by atoms with Crippen LogP contribution in [0.3, 0.4) is 0 Å². The number of fused-ring (bicyclic) bond motifs is 1. The van der Waals surface area contributed by atoms with Crippen LogP contribution in [-0.4, -0.2) is 49.5 Å². The fourth-order valence-electron chi connectivity index (χ4n) is 4.02. The highest BCUT2D eigenvalue weighted by Gasteiger charge is 2.30. The Hall–Kier alpha value is -3.33. The van der Waals surface area contributed by atoms with Crippen molar-refractivity contribution >= 4 is 28.8 Å². The van der Waals surface area contributed by atoms with Gasteiger partial charge < -0.3 is 20.5 Å². The lowest BCUT2D eigenvalue weighted by atomic mass is 10.0. The minimum Gasteiger partial charge on any atom is -0.511 e. The molecular formula is C23H25ClFN5O3. The van der Waals surface area contributed by atoms with Crippen molar-refractivity contribution in [3.05, 3.63) is 63.8 Å². The normalized spacial score (nSPS) is 14.1. The molecule has 8 nitrogen and oxygen atoms in total. The zero-order valence-electron chi connectivity index (χ0n) is 18.6. The number of anilines is 1. The molecule has 0 spiro atoms. The van der Waals surface area contributed by atoms with Crippen molar-refractivity contribution in [1.82, 2.24) is 19.3 Å². The maximum atomic E-state index is 15.3. The quantitative estimate of drug-likeness (QED) is 0.578. The lowest BCUT2D eigenvalue weighted by Gasteiger charge is -2.27. The Morgan fingerprint density at radius 2 is 2.18 bits per heavy atom. The van der Waals surface area contributed by atoms with Gasteiger partial charge in [-0.05, 0) is 39.3 Å². The number of rotatable bonds is 5. The van der Waals surface area contributed by atoms with Gasteiger partial charge in [-0.15, -0.1) is 0 Å². The summed E-state index contributed by atoms with van der Waals surface area (Å²) < 4.78 is 23.0. The second-order valence-corrected chi connectivity index (χ2v) is 8.64. The highest BCUT2D eigenvalue weighted by molar-refractivity contribution is 6.31. The van der Waals surface area contributed by atoms with E-state index in [9.17, 15) is 9.90 Å². The monoisotopic (exact) mass is 473 g/mol. The Labute approximate surface area is 195 Å². The summed E-state index contributed by atoms with van der Waals surface area (Å²) in [6.45, 7) is 5.76. The van der Waals surface area contributed by atoms with Crippen LogP contribution in [0.4, 0.5) is 10.2 Å². The summed E-state index contributed by atoms with van der Waals surface area (Å²) in [5.74, 6) is -0.309. The van der Waals surface area contributed by atoms with Gasteiger partial charge in [0.1, 0.15) is 34.2 Å². The molecular weight excluding hydrogens is 449 g/mol. The number of aliphatic hydroxyl groups is 1. The number of aliphatic hydroxyl groups excluding tert-OH is 1. The number of carbonyl (C=O) groups is 1. The van der Waals surface area contributed by atoms with Crippen molar-refractivity contribution in [2.45, 2.75) is 39.7 Å². The number of hydrogen-bond donors (Lipinski definition) is 2. The second-order valence-electron chi connectivity index (χ2n) is 8.23. The molecule has 0 unspecified atom stereocenters. The number of aryl methyl sites for hydroxylation is 1. The number of halogens is 2. The van der Waals surface area contributed by atoms with Gasteiger partial charge in [-0.1, -0.05) is 11.6 Å². The number of amides is 1. The smallest absolute Gasteiger partial charge is 0.261 e. The summed E-state index contributed by atoms with van der Waals surface area (Å²) in [7, 11) is 0. The first-order valence-corrected chi connectivity index (χ1v) is 11.0. The molecule has 0 radical (unpaired) electrons. The molecule has 0 aliphatic carbocycles. The number of hydrogen-bond acceptors (Lipinski definition) is 6. The Morgan fingerprint density at radius 3 is 2.88 bits per heavy atom. The molecule has 0 bridgehead atoms. The summed E-state index contributed by atoms with van der Waals surface area (Å²) >= 11 is 6.23. The summed E-state index contributed by atoms with van der Waals surface area (Å²) in [4.78, 5) is 23.4.